The molecule has 0 aromatic carbocycles. The zero-order valence-corrected chi connectivity index (χ0v) is 10.3. The Morgan fingerprint density at radius 1 is 1.56 bits per heavy atom. The van der Waals surface area contributed by atoms with Crippen LogP contribution in [0.15, 0.2) is 12.3 Å². The number of pyridine rings is 1. The summed E-state index contributed by atoms with van der Waals surface area (Å²) in [5, 5.41) is 8.73. The predicted octanol–water partition coefficient (Wildman–Crippen LogP) is 1.74. The van der Waals surface area contributed by atoms with E-state index in [0.717, 1.165) is 0 Å². The van der Waals surface area contributed by atoms with Gasteiger partial charge in [-0.1, -0.05) is 23.4 Å². The second kappa shape index (κ2) is 6.62. The van der Waals surface area contributed by atoms with Crippen molar-refractivity contribution in [2.45, 2.75) is 13.3 Å². The van der Waals surface area contributed by atoms with Gasteiger partial charge in [-0.2, -0.15) is 0 Å². The van der Waals surface area contributed by atoms with Gasteiger partial charge >= 0.3 is 11.9 Å². The van der Waals surface area contributed by atoms with Gasteiger partial charge in [0.2, 0.25) is 0 Å². The van der Waals surface area contributed by atoms with E-state index in [4.69, 9.17) is 16.7 Å². The highest BCUT2D eigenvalue weighted by molar-refractivity contribution is 6.32. The summed E-state index contributed by atoms with van der Waals surface area (Å²) in [6, 6.07) is 1.30. The zero-order valence-electron chi connectivity index (χ0n) is 9.57. The number of ether oxygens (including phenoxy) is 1. The van der Waals surface area contributed by atoms with Crippen molar-refractivity contribution >= 4 is 23.5 Å². The molecule has 94 valence electrons. The van der Waals surface area contributed by atoms with Gasteiger partial charge in [0, 0.05) is 11.8 Å². The molecule has 0 atom stereocenters. The average molecular weight is 268 g/mol. The van der Waals surface area contributed by atoms with Crippen LogP contribution in [0.1, 0.15) is 29.3 Å². The van der Waals surface area contributed by atoms with E-state index >= 15 is 0 Å². The molecule has 5 nitrogen and oxygen atoms in total. The second-order valence-electron chi connectivity index (χ2n) is 3.15. The van der Waals surface area contributed by atoms with Gasteiger partial charge in [0.1, 0.15) is 11.6 Å². The summed E-state index contributed by atoms with van der Waals surface area (Å²) in [6.45, 7) is 2.00. The number of aromatic nitrogens is 1. The minimum absolute atomic E-state index is 0.0567. The Labute approximate surface area is 109 Å². The van der Waals surface area contributed by atoms with Crippen LogP contribution in [0.4, 0.5) is 0 Å². The summed E-state index contributed by atoms with van der Waals surface area (Å²) >= 11 is 5.60. The summed E-state index contributed by atoms with van der Waals surface area (Å²) in [5.41, 5.74) is 0.251. The van der Waals surface area contributed by atoms with Gasteiger partial charge in [-0.25, -0.2) is 9.78 Å². The lowest BCUT2D eigenvalue weighted by Crippen LogP contribution is -2.02. The molecule has 1 aromatic rings. The number of halogens is 1. The van der Waals surface area contributed by atoms with E-state index in [-0.39, 0.29) is 17.1 Å². The molecule has 1 N–H and O–H groups in total. The standard InChI is InChI=1S/C12H10ClNO4/c1-2-18-10(15)5-3-4-8-6-9(12(16)17)11(13)14-7-8/h6-7H,2,5H2,1H3,(H,16,17). The van der Waals surface area contributed by atoms with E-state index in [0.29, 0.717) is 12.2 Å². The van der Waals surface area contributed by atoms with E-state index in [2.05, 4.69) is 21.6 Å². The molecule has 0 saturated carbocycles. The molecule has 0 aliphatic rings. The third-order valence-electron chi connectivity index (χ3n) is 1.84. The van der Waals surface area contributed by atoms with Crippen molar-refractivity contribution in [2.75, 3.05) is 6.61 Å². The first kappa shape index (κ1) is 14.0. The molecule has 0 spiro atoms. The van der Waals surface area contributed by atoms with Crippen molar-refractivity contribution in [1.29, 1.82) is 0 Å². The highest BCUT2D eigenvalue weighted by Gasteiger charge is 2.09. The normalized spacial score (nSPS) is 9.22. The molecule has 1 heterocycles. The van der Waals surface area contributed by atoms with Crippen LogP contribution in [0.2, 0.25) is 5.15 Å². The first-order chi connectivity index (χ1) is 8.54. The van der Waals surface area contributed by atoms with Gasteiger partial charge in [0.25, 0.3) is 0 Å². The maximum Gasteiger partial charge on any atom is 0.338 e. The SMILES string of the molecule is CCOC(=O)CC#Cc1cnc(Cl)c(C(=O)O)c1. The molecule has 0 aliphatic carbocycles. The molecule has 0 aliphatic heterocycles. The maximum absolute atomic E-state index is 11.0. The smallest absolute Gasteiger partial charge is 0.338 e. The van der Waals surface area contributed by atoms with Gasteiger partial charge in [-0.05, 0) is 13.0 Å². The molecule has 18 heavy (non-hydrogen) atoms. The summed E-state index contributed by atoms with van der Waals surface area (Å²) in [5.74, 6) is 3.59. The van der Waals surface area contributed by atoms with Gasteiger partial charge < -0.3 is 9.84 Å². The van der Waals surface area contributed by atoms with E-state index in [9.17, 15) is 9.59 Å². The summed E-state index contributed by atoms with van der Waals surface area (Å²) in [4.78, 5) is 25.5. The molecule has 1 rings (SSSR count). The molecule has 1 aromatic heterocycles. The second-order valence-corrected chi connectivity index (χ2v) is 3.51. The quantitative estimate of drug-likeness (QED) is 0.513. The van der Waals surface area contributed by atoms with Gasteiger partial charge in [-0.15, -0.1) is 0 Å². The van der Waals surface area contributed by atoms with Crippen molar-refractivity contribution in [1.82, 2.24) is 4.98 Å². The van der Waals surface area contributed by atoms with Crippen molar-refractivity contribution in [3.63, 3.8) is 0 Å². The van der Waals surface area contributed by atoms with Crippen LogP contribution in [0, 0.1) is 11.8 Å². The Kier molecular flexibility index (Phi) is 5.15. The van der Waals surface area contributed by atoms with E-state index in [1.54, 1.807) is 6.92 Å². The lowest BCUT2D eigenvalue weighted by molar-refractivity contribution is -0.141. The molecule has 0 bridgehead atoms. The van der Waals surface area contributed by atoms with Crippen LogP contribution in [0.3, 0.4) is 0 Å². The Hall–Kier alpha value is -2.06. The highest BCUT2D eigenvalue weighted by Crippen LogP contribution is 2.13. The monoisotopic (exact) mass is 267 g/mol. The Morgan fingerprint density at radius 2 is 2.28 bits per heavy atom. The number of hydrogen-bond acceptors (Lipinski definition) is 4. The van der Waals surface area contributed by atoms with Crippen LogP contribution in [-0.4, -0.2) is 28.6 Å². The molecule has 0 unspecified atom stereocenters. The highest BCUT2D eigenvalue weighted by atomic mass is 35.5. The first-order valence-electron chi connectivity index (χ1n) is 5.08. The van der Waals surface area contributed by atoms with E-state index in [1.165, 1.54) is 12.3 Å². The number of rotatable bonds is 3. The maximum atomic E-state index is 11.0. The van der Waals surface area contributed by atoms with Crippen molar-refractivity contribution < 1.29 is 19.4 Å². The van der Waals surface area contributed by atoms with Gasteiger partial charge in [0.05, 0.1) is 12.2 Å². The summed E-state index contributed by atoms with van der Waals surface area (Å²) in [7, 11) is 0. The molecule has 0 saturated heterocycles. The summed E-state index contributed by atoms with van der Waals surface area (Å²) in [6.07, 6.45) is 1.28. The van der Waals surface area contributed by atoms with E-state index < -0.39 is 11.9 Å². The largest absolute Gasteiger partial charge is 0.478 e. The number of carboxylic acids is 1. The predicted molar refractivity (Wildman–Crippen MR) is 64.3 cm³/mol. The third kappa shape index (κ3) is 4.07. The average Bonchev–Trinajstić information content (AvgIpc) is 2.31. The molecule has 0 amide bonds. The van der Waals surface area contributed by atoms with Crippen molar-refractivity contribution in [2.24, 2.45) is 0 Å². The van der Waals surface area contributed by atoms with Gasteiger partial charge in [-0.3, -0.25) is 4.79 Å². The number of nitrogens with zero attached hydrogens (tertiary/aromatic N) is 1. The van der Waals surface area contributed by atoms with Crippen LogP contribution in [0.25, 0.3) is 0 Å². The molecular weight excluding hydrogens is 258 g/mol. The fourth-order valence-electron chi connectivity index (χ4n) is 1.10. The molecular formula is C12H10ClNO4. The Morgan fingerprint density at radius 3 is 2.89 bits per heavy atom. The first-order valence-corrected chi connectivity index (χ1v) is 5.45. The van der Waals surface area contributed by atoms with Crippen molar-refractivity contribution in [3.8, 4) is 11.8 Å². The minimum Gasteiger partial charge on any atom is -0.478 e. The molecule has 0 radical (unpaired) electrons. The van der Waals surface area contributed by atoms with Crippen LogP contribution in [-0.2, 0) is 9.53 Å². The van der Waals surface area contributed by atoms with Crippen LogP contribution < -0.4 is 0 Å². The fourth-order valence-corrected chi connectivity index (χ4v) is 1.28. The zero-order chi connectivity index (χ0) is 13.5. The lowest BCUT2D eigenvalue weighted by Gasteiger charge is -1.98. The third-order valence-corrected chi connectivity index (χ3v) is 2.14. The van der Waals surface area contributed by atoms with Crippen molar-refractivity contribution in [3.05, 3.63) is 28.5 Å². The topological polar surface area (TPSA) is 76.5 Å². The Bertz CT molecular complexity index is 531. The number of hydrogen-bond donors (Lipinski definition) is 1. The minimum atomic E-state index is -1.18. The number of esters is 1. The number of aromatic carboxylic acids is 1. The lowest BCUT2D eigenvalue weighted by atomic mass is 10.2. The van der Waals surface area contributed by atoms with Crippen LogP contribution >= 0.6 is 11.6 Å². The van der Waals surface area contributed by atoms with Crippen LogP contribution in [0.5, 0.6) is 0 Å². The Balaban J connectivity index is 2.80. The fraction of sp³-hybridized carbons (Fsp3) is 0.250. The molecule has 0 fully saturated rings. The number of carboxylic acid groups (broad SMARTS) is 1. The number of carbonyl (C=O) groups is 2. The van der Waals surface area contributed by atoms with E-state index in [1.807, 2.05) is 0 Å². The molecule has 6 heteroatoms. The van der Waals surface area contributed by atoms with Gasteiger partial charge in [0.15, 0.2) is 0 Å². The number of carbonyl (C=O) groups excluding carboxylic acids is 1. The summed E-state index contributed by atoms with van der Waals surface area (Å²) < 4.78 is 4.69.